The summed E-state index contributed by atoms with van der Waals surface area (Å²) in [5, 5.41) is 8.83. The summed E-state index contributed by atoms with van der Waals surface area (Å²) in [6.07, 6.45) is -2.49. The number of pyridine rings is 1. The zero-order valence-corrected chi connectivity index (χ0v) is 10.6. The van der Waals surface area contributed by atoms with Crippen molar-refractivity contribution in [1.82, 2.24) is 9.88 Å². The van der Waals surface area contributed by atoms with Gasteiger partial charge >= 0.3 is 5.97 Å². The van der Waals surface area contributed by atoms with E-state index in [4.69, 9.17) is 5.11 Å². The van der Waals surface area contributed by atoms with Crippen LogP contribution in [-0.4, -0.2) is 54.2 Å². The maximum atomic E-state index is 12.4. The molecule has 0 bridgehead atoms. The first-order valence-corrected chi connectivity index (χ1v) is 5.72. The highest BCUT2D eigenvalue weighted by molar-refractivity contribution is 5.87. The van der Waals surface area contributed by atoms with E-state index in [-0.39, 0.29) is 25.4 Å². The third-order valence-electron chi connectivity index (χ3n) is 2.40. The van der Waals surface area contributed by atoms with Crippen LogP contribution >= 0.6 is 0 Å². The van der Waals surface area contributed by atoms with E-state index in [1.165, 1.54) is 18.1 Å². The number of carbonyl (C=O) groups is 1. The second-order valence-electron chi connectivity index (χ2n) is 3.86. The smallest absolute Gasteiger partial charge is 0.356 e. The van der Waals surface area contributed by atoms with E-state index in [2.05, 4.69) is 9.72 Å². The first kappa shape index (κ1) is 15.5. The van der Waals surface area contributed by atoms with Gasteiger partial charge in [-0.2, -0.15) is 0 Å². The molecule has 0 atom stereocenters. The molecule has 1 N–H and O–H groups in total. The fourth-order valence-corrected chi connectivity index (χ4v) is 1.59. The lowest BCUT2D eigenvalue weighted by Gasteiger charge is -2.20. The van der Waals surface area contributed by atoms with Gasteiger partial charge in [0.05, 0.1) is 26.0 Å². The number of carbonyl (C=O) groups excluding carboxylic acids is 1. The quantitative estimate of drug-likeness (QED) is 0.749. The summed E-state index contributed by atoms with van der Waals surface area (Å²) in [4.78, 5) is 16.7. The Hall–Kier alpha value is -1.60. The van der Waals surface area contributed by atoms with Gasteiger partial charge in [0.25, 0.3) is 6.43 Å². The van der Waals surface area contributed by atoms with Crippen molar-refractivity contribution >= 4 is 5.97 Å². The van der Waals surface area contributed by atoms with Gasteiger partial charge in [-0.3, -0.25) is 4.90 Å². The lowest BCUT2D eigenvalue weighted by Crippen LogP contribution is -2.31. The third-order valence-corrected chi connectivity index (χ3v) is 2.40. The van der Waals surface area contributed by atoms with Crippen LogP contribution in [-0.2, 0) is 11.3 Å². The molecule has 0 aliphatic carbocycles. The molecule has 0 fully saturated rings. The van der Waals surface area contributed by atoms with Crippen molar-refractivity contribution in [1.29, 1.82) is 0 Å². The molecule has 5 nitrogen and oxygen atoms in total. The van der Waals surface area contributed by atoms with E-state index < -0.39 is 18.9 Å². The zero-order valence-electron chi connectivity index (χ0n) is 10.6. The van der Waals surface area contributed by atoms with E-state index in [0.29, 0.717) is 5.69 Å². The Morgan fingerprint density at radius 2 is 2.26 bits per heavy atom. The van der Waals surface area contributed by atoms with Crippen LogP contribution < -0.4 is 0 Å². The molecule has 0 saturated carbocycles. The summed E-state index contributed by atoms with van der Waals surface area (Å²) in [5.74, 6) is -0.579. The highest BCUT2D eigenvalue weighted by atomic mass is 19.3. The van der Waals surface area contributed by atoms with Crippen LogP contribution in [0.5, 0.6) is 0 Å². The summed E-state index contributed by atoms with van der Waals surface area (Å²) in [5.41, 5.74) is 0.595. The largest absolute Gasteiger partial charge is 0.464 e. The maximum Gasteiger partial charge on any atom is 0.356 e. The second kappa shape index (κ2) is 7.75. The molecular formula is C12H16F2N2O3. The average Bonchev–Trinajstić information content (AvgIpc) is 2.37. The first-order chi connectivity index (χ1) is 9.06. The third kappa shape index (κ3) is 5.27. The van der Waals surface area contributed by atoms with Gasteiger partial charge in [0, 0.05) is 13.1 Å². The van der Waals surface area contributed by atoms with Crippen molar-refractivity contribution in [3.63, 3.8) is 0 Å². The lowest BCUT2D eigenvalue weighted by molar-refractivity contribution is 0.0590. The van der Waals surface area contributed by atoms with E-state index in [1.54, 1.807) is 12.1 Å². The van der Waals surface area contributed by atoms with E-state index in [0.717, 1.165) is 0 Å². The molecule has 7 heteroatoms. The second-order valence-corrected chi connectivity index (χ2v) is 3.86. The van der Waals surface area contributed by atoms with Crippen molar-refractivity contribution in [2.24, 2.45) is 0 Å². The van der Waals surface area contributed by atoms with E-state index in [9.17, 15) is 13.6 Å². The Labute approximate surface area is 109 Å². The Bertz CT molecular complexity index is 416. The lowest BCUT2D eigenvalue weighted by atomic mass is 10.3. The van der Waals surface area contributed by atoms with Gasteiger partial charge < -0.3 is 9.84 Å². The number of halogens is 2. The van der Waals surface area contributed by atoms with E-state index in [1.807, 2.05) is 0 Å². The number of hydrogen-bond acceptors (Lipinski definition) is 5. The molecule has 0 unspecified atom stereocenters. The Morgan fingerprint density at radius 3 is 2.84 bits per heavy atom. The van der Waals surface area contributed by atoms with Crippen LogP contribution in [0.2, 0.25) is 0 Å². The van der Waals surface area contributed by atoms with Crippen molar-refractivity contribution in [3.05, 3.63) is 29.6 Å². The Morgan fingerprint density at radius 1 is 1.53 bits per heavy atom. The standard InChI is InChI=1S/C12H16F2N2O3/c1-19-12(18)10-4-2-3-9(15-10)7-16(5-6-17)8-11(13)14/h2-4,11,17H,5-8H2,1H3. The number of aliphatic hydroxyl groups excluding tert-OH is 1. The highest BCUT2D eigenvalue weighted by Crippen LogP contribution is 2.07. The maximum absolute atomic E-state index is 12.4. The van der Waals surface area contributed by atoms with Gasteiger partial charge in [-0.05, 0) is 12.1 Å². The number of methoxy groups -OCH3 is 1. The van der Waals surface area contributed by atoms with Crippen molar-refractivity contribution in [2.45, 2.75) is 13.0 Å². The predicted molar refractivity (Wildman–Crippen MR) is 63.9 cm³/mol. The molecule has 0 aromatic carbocycles. The fraction of sp³-hybridized carbons (Fsp3) is 0.500. The normalized spacial score (nSPS) is 11.1. The van der Waals surface area contributed by atoms with Crippen molar-refractivity contribution < 1.29 is 23.4 Å². The molecule has 0 amide bonds. The SMILES string of the molecule is COC(=O)c1cccc(CN(CCO)CC(F)F)n1. The predicted octanol–water partition coefficient (Wildman–Crippen LogP) is 0.928. The fourth-order valence-electron chi connectivity index (χ4n) is 1.59. The highest BCUT2D eigenvalue weighted by Gasteiger charge is 2.14. The molecule has 0 radical (unpaired) electrons. The Balaban J connectivity index is 2.75. The number of alkyl halides is 2. The van der Waals surface area contributed by atoms with Gasteiger partial charge in [-0.25, -0.2) is 18.6 Å². The Kier molecular flexibility index (Phi) is 6.31. The molecule has 0 aliphatic heterocycles. The van der Waals surface area contributed by atoms with Crippen LogP contribution in [0.25, 0.3) is 0 Å². The molecule has 0 spiro atoms. The van der Waals surface area contributed by atoms with Crippen LogP contribution in [0, 0.1) is 0 Å². The van der Waals surface area contributed by atoms with Crippen molar-refractivity contribution in [2.75, 3.05) is 26.8 Å². The average molecular weight is 274 g/mol. The minimum atomic E-state index is -2.49. The van der Waals surface area contributed by atoms with E-state index >= 15 is 0 Å². The molecule has 19 heavy (non-hydrogen) atoms. The van der Waals surface area contributed by atoms with Crippen LogP contribution in [0.1, 0.15) is 16.2 Å². The van der Waals surface area contributed by atoms with Crippen LogP contribution in [0.3, 0.4) is 0 Å². The summed E-state index contributed by atoms with van der Waals surface area (Å²) in [6.45, 7) is -0.418. The van der Waals surface area contributed by atoms with Gasteiger partial charge in [0.1, 0.15) is 5.69 Å². The van der Waals surface area contributed by atoms with Crippen molar-refractivity contribution in [3.8, 4) is 0 Å². The number of hydrogen-bond donors (Lipinski definition) is 1. The monoisotopic (exact) mass is 274 g/mol. The summed E-state index contributed by atoms with van der Waals surface area (Å²) in [6, 6.07) is 4.72. The number of aromatic nitrogens is 1. The molecular weight excluding hydrogens is 258 g/mol. The van der Waals surface area contributed by atoms with Gasteiger partial charge in [-0.15, -0.1) is 0 Å². The molecule has 1 aromatic heterocycles. The van der Waals surface area contributed by atoms with Gasteiger partial charge in [0.15, 0.2) is 0 Å². The zero-order chi connectivity index (χ0) is 14.3. The minimum absolute atomic E-state index is 0.120. The summed E-state index contributed by atoms with van der Waals surface area (Å²) in [7, 11) is 1.24. The molecule has 0 saturated heterocycles. The first-order valence-electron chi connectivity index (χ1n) is 5.72. The minimum Gasteiger partial charge on any atom is -0.464 e. The summed E-state index contributed by atoms with van der Waals surface area (Å²) >= 11 is 0. The van der Waals surface area contributed by atoms with Gasteiger partial charge in [0.2, 0.25) is 0 Å². The number of rotatable bonds is 7. The number of esters is 1. The molecule has 106 valence electrons. The number of nitrogens with zero attached hydrogens (tertiary/aromatic N) is 2. The summed E-state index contributed by atoms with van der Waals surface area (Å²) < 4.78 is 29.2. The molecule has 0 aliphatic rings. The molecule has 1 aromatic rings. The molecule has 1 heterocycles. The topological polar surface area (TPSA) is 62.7 Å². The van der Waals surface area contributed by atoms with Crippen LogP contribution in [0.15, 0.2) is 18.2 Å². The molecule has 1 rings (SSSR count). The number of aliphatic hydroxyl groups is 1. The number of ether oxygens (including phenoxy) is 1. The van der Waals surface area contributed by atoms with Gasteiger partial charge in [-0.1, -0.05) is 6.07 Å². The van der Waals surface area contributed by atoms with Crippen LogP contribution in [0.4, 0.5) is 8.78 Å².